The predicted octanol–water partition coefficient (Wildman–Crippen LogP) is 2.52. The normalized spacial score (nSPS) is 13.5. The van der Waals surface area contributed by atoms with Gasteiger partial charge in [-0.3, -0.25) is 20.2 Å². The summed E-state index contributed by atoms with van der Waals surface area (Å²) in [6.45, 7) is 1.04. The third kappa shape index (κ3) is 2.81. The first-order valence-electron chi connectivity index (χ1n) is 6.36. The van der Waals surface area contributed by atoms with Crippen LogP contribution in [0.4, 0.5) is 15.2 Å². The number of benzene rings is 1. The number of thiazole rings is 1. The fraction of sp³-hybridized carbons (Fsp3) is 0.231. The van der Waals surface area contributed by atoms with Crippen molar-refractivity contribution in [1.29, 1.82) is 0 Å². The van der Waals surface area contributed by atoms with Crippen LogP contribution in [0.25, 0.3) is 0 Å². The van der Waals surface area contributed by atoms with E-state index in [1.165, 1.54) is 11.3 Å². The Balaban J connectivity index is 1.79. The van der Waals surface area contributed by atoms with Gasteiger partial charge in [0.25, 0.3) is 11.6 Å². The maximum atomic E-state index is 13.8. The summed E-state index contributed by atoms with van der Waals surface area (Å²) in [6, 6.07) is 2.88. The van der Waals surface area contributed by atoms with Gasteiger partial charge in [0, 0.05) is 12.5 Å². The van der Waals surface area contributed by atoms with Gasteiger partial charge in [0.15, 0.2) is 5.13 Å². The first-order chi connectivity index (χ1) is 10.5. The number of fused-ring (bicyclic) bond motifs is 1. The number of ether oxygens (including phenoxy) is 1. The molecule has 1 aliphatic rings. The van der Waals surface area contributed by atoms with E-state index in [0.29, 0.717) is 24.8 Å². The van der Waals surface area contributed by atoms with E-state index in [1.807, 2.05) is 0 Å². The highest BCUT2D eigenvalue weighted by Crippen LogP contribution is 2.27. The summed E-state index contributed by atoms with van der Waals surface area (Å²) in [5.41, 5.74) is 0.196. The Bertz CT molecular complexity index is 738. The van der Waals surface area contributed by atoms with Crippen LogP contribution in [0.5, 0.6) is 0 Å². The molecule has 1 aromatic heterocycles. The van der Waals surface area contributed by atoms with Crippen LogP contribution in [0.3, 0.4) is 0 Å². The van der Waals surface area contributed by atoms with Crippen LogP contribution in [0.15, 0.2) is 18.2 Å². The zero-order chi connectivity index (χ0) is 15.7. The van der Waals surface area contributed by atoms with Crippen LogP contribution in [0, 0.1) is 15.9 Å². The summed E-state index contributed by atoms with van der Waals surface area (Å²) in [6.07, 6.45) is 0.674. The van der Waals surface area contributed by atoms with E-state index >= 15 is 0 Å². The molecule has 2 aromatic rings. The number of halogens is 1. The number of carbonyl (C=O) groups is 1. The van der Waals surface area contributed by atoms with Crippen molar-refractivity contribution in [2.45, 2.75) is 13.0 Å². The molecule has 0 saturated carbocycles. The summed E-state index contributed by atoms with van der Waals surface area (Å²) in [7, 11) is 0. The predicted molar refractivity (Wildman–Crippen MR) is 76.5 cm³/mol. The Morgan fingerprint density at radius 2 is 2.32 bits per heavy atom. The lowest BCUT2D eigenvalue weighted by molar-refractivity contribution is -0.385. The number of non-ortho nitro benzene ring substituents is 1. The van der Waals surface area contributed by atoms with Crippen molar-refractivity contribution in [3.63, 3.8) is 0 Å². The third-order valence-electron chi connectivity index (χ3n) is 3.12. The molecule has 0 spiro atoms. The zero-order valence-corrected chi connectivity index (χ0v) is 12.0. The molecule has 0 atom stereocenters. The van der Waals surface area contributed by atoms with Crippen molar-refractivity contribution in [2.75, 3.05) is 11.9 Å². The highest BCUT2D eigenvalue weighted by molar-refractivity contribution is 7.15. The number of nitrogens with one attached hydrogen (secondary N) is 1. The number of carbonyl (C=O) groups excluding carboxylic acids is 1. The first-order valence-corrected chi connectivity index (χ1v) is 7.18. The second-order valence-electron chi connectivity index (χ2n) is 4.57. The Morgan fingerprint density at radius 1 is 1.50 bits per heavy atom. The Hall–Kier alpha value is -2.39. The second kappa shape index (κ2) is 5.78. The molecule has 114 valence electrons. The van der Waals surface area contributed by atoms with Gasteiger partial charge in [0.1, 0.15) is 5.82 Å². The van der Waals surface area contributed by atoms with Crippen LogP contribution >= 0.6 is 11.3 Å². The van der Waals surface area contributed by atoms with Gasteiger partial charge in [0.2, 0.25) is 0 Å². The van der Waals surface area contributed by atoms with E-state index in [-0.39, 0.29) is 5.56 Å². The minimum Gasteiger partial charge on any atom is -0.375 e. The number of hydrogen-bond acceptors (Lipinski definition) is 6. The van der Waals surface area contributed by atoms with Crippen molar-refractivity contribution < 1.29 is 18.8 Å². The number of nitrogens with zero attached hydrogens (tertiary/aromatic N) is 2. The SMILES string of the molecule is O=C(Nc1nc2c(s1)COCC2)c1ccc([N+](=O)[O-])cc1F. The Labute approximate surface area is 127 Å². The number of nitro groups is 1. The molecule has 2 heterocycles. The standard InChI is InChI=1S/C13H10FN3O4S/c14-9-5-7(17(19)20)1-2-8(9)12(18)16-13-15-10-3-4-21-6-11(10)22-13/h1-2,5H,3-4,6H2,(H,15,16,18). The summed E-state index contributed by atoms with van der Waals surface area (Å²) in [5, 5.41) is 13.4. The molecule has 1 aromatic carbocycles. The van der Waals surface area contributed by atoms with Crippen molar-refractivity contribution in [3.05, 3.63) is 50.3 Å². The van der Waals surface area contributed by atoms with Gasteiger partial charge in [-0.2, -0.15) is 0 Å². The number of amides is 1. The highest BCUT2D eigenvalue weighted by Gasteiger charge is 2.20. The monoisotopic (exact) mass is 323 g/mol. The molecule has 1 aliphatic heterocycles. The maximum absolute atomic E-state index is 13.8. The fourth-order valence-electron chi connectivity index (χ4n) is 2.04. The van der Waals surface area contributed by atoms with Gasteiger partial charge in [-0.15, -0.1) is 0 Å². The fourth-order valence-corrected chi connectivity index (χ4v) is 2.99. The Kier molecular flexibility index (Phi) is 3.82. The number of nitro benzene ring substituents is 1. The van der Waals surface area contributed by atoms with Gasteiger partial charge < -0.3 is 4.74 Å². The smallest absolute Gasteiger partial charge is 0.272 e. The molecular formula is C13H10FN3O4S. The lowest BCUT2D eigenvalue weighted by Crippen LogP contribution is -2.14. The Morgan fingerprint density at radius 3 is 3.00 bits per heavy atom. The number of rotatable bonds is 3. The van der Waals surface area contributed by atoms with Crippen LogP contribution < -0.4 is 5.32 Å². The van der Waals surface area contributed by atoms with Crippen molar-refractivity contribution in [2.24, 2.45) is 0 Å². The van der Waals surface area contributed by atoms with Gasteiger partial charge in [-0.25, -0.2) is 9.37 Å². The average molecular weight is 323 g/mol. The molecule has 3 rings (SSSR count). The molecule has 7 nitrogen and oxygen atoms in total. The second-order valence-corrected chi connectivity index (χ2v) is 5.65. The molecule has 0 unspecified atom stereocenters. The molecule has 0 radical (unpaired) electrons. The molecule has 9 heteroatoms. The molecule has 0 saturated heterocycles. The lowest BCUT2D eigenvalue weighted by atomic mass is 10.2. The van der Waals surface area contributed by atoms with E-state index in [1.54, 1.807) is 0 Å². The molecule has 0 fully saturated rings. The van der Waals surface area contributed by atoms with Crippen LogP contribution in [0.1, 0.15) is 20.9 Å². The van der Waals surface area contributed by atoms with Gasteiger partial charge in [0.05, 0.1) is 40.3 Å². The molecule has 1 N–H and O–H groups in total. The summed E-state index contributed by atoms with van der Waals surface area (Å²) < 4.78 is 19.1. The largest absolute Gasteiger partial charge is 0.375 e. The summed E-state index contributed by atoms with van der Waals surface area (Å²) >= 11 is 1.27. The number of aromatic nitrogens is 1. The lowest BCUT2D eigenvalue weighted by Gasteiger charge is -2.08. The van der Waals surface area contributed by atoms with Gasteiger partial charge in [-0.05, 0) is 6.07 Å². The minimum absolute atomic E-state index is 0.268. The van der Waals surface area contributed by atoms with E-state index in [0.717, 1.165) is 28.8 Å². The van der Waals surface area contributed by atoms with E-state index in [2.05, 4.69) is 10.3 Å². The van der Waals surface area contributed by atoms with E-state index < -0.39 is 22.3 Å². The maximum Gasteiger partial charge on any atom is 0.272 e. The van der Waals surface area contributed by atoms with E-state index in [9.17, 15) is 19.3 Å². The molecule has 0 aliphatic carbocycles. The molecular weight excluding hydrogens is 313 g/mol. The van der Waals surface area contributed by atoms with Crippen molar-refractivity contribution in [1.82, 2.24) is 4.98 Å². The highest BCUT2D eigenvalue weighted by atomic mass is 32.1. The molecule has 1 amide bonds. The topological polar surface area (TPSA) is 94.4 Å². The van der Waals surface area contributed by atoms with Crippen LogP contribution in [-0.2, 0) is 17.8 Å². The van der Waals surface area contributed by atoms with Gasteiger partial charge in [-0.1, -0.05) is 11.3 Å². The minimum atomic E-state index is -0.948. The average Bonchev–Trinajstić information content (AvgIpc) is 2.88. The third-order valence-corrected chi connectivity index (χ3v) is 4.11. The van der Waals surface area contributed by atoms with Crippen molar-refractivity contribution in [3.8, 4) is 0 Å². The number of hydrogen-bond donors (Lipinski definition) is 1. The van der Waals surface area contributed by atoms with Gasteiger partial charge >= 0.3 is 0 Å². The summed E-state index contributed by atoms with van der Waals surface area (Å²) in [4.78, 5) is 27.1. The summed E-state index contributed by atoms with van der Waals surface area (Å²) in [5.74, 6) is -1.64. The zero-order valence-electron chi connectivity index (χ0n) is 11.2. The quantitative estimate of drug-likeness (QED) is 0.692. The van der Waals surface area contributed by atoms with Crippen LogP contribution in [0.2, 0.25) is 0 Å². The number of anilines is 1. The molecule has 0 bridgehead atoms. The molecule has 22 heavy (non-hydrogen) atoms. The van der Waals surface area contributed by atoms with Crippen LogP contribution in [-0.4, -0.2) is 22.4 Å². The van der Waals surface area contributed by atoms with Crippen molar-refractivity contribution >= 4 is 28.1 Å². The first kappa shape index (κ1) is 14.5. The van der Waals surface area contributed by atoms with E-state index in [4.69, 9.17) is 4.74 Å².